The van der Waals surface area contributed by atoms with Gasteiger partial charge in [0.25, 0.3) is 13.4 Å². The SMILES string of the molecule is CC1(C)CCC(C)(C)c2cc(N3c4cc5c(cc4B4c6cc7c(cc6N(c6ccccc6)c6cc(N(c8ccccc8)c8ccccc8)cc3c64)Oc3cc(N(c4ccccc4)c4ccccc4)cc4c3B7c3ccccc3N4c3ccccc3)C(C)(C)CCC5(C)C)ccc21. The molecule has 96 heavy (non-hydrogen) atoms. The molecule has 0 saturated heterocycles. The van der Waals surface area contributed by atoms with Crippen LogP contribution in [0.25, 0.3) is 0 Å². The number of hydrogen-bond donors (Lipinski definition) is 0. The summed E-state index contributed by atoms with van der Waals surface area (Å²) < 4.78 is 7.86. The summed E-state index contributed by atoms with van der Waals surface area (Å²) in [4.78, 5) is 12.6. The largest absolute Gasteiger partial charge is 0.458 e. The van der Waals surface area contributed by atoms with Crippen LogP contribution < -0.4 is 62.0 Å². The van der Waals surface area contributed by atoms with E-state index in [1.165, 1.54) is 61.2 Å². The van der Waals surface area contributed by atoms with Crippen LogP contribution in [0.5, 0.6) is 11.5 Å². The first-order valence-corrected chi connectivity index (χ1v) is 34.6. The molecular weight excluding hydrogens is 1160 g/mol. The molecule has 0 fully saturated rings. The Labute approximate surface area is 566 Å². The minimum atomic E-state index is -0.190. The summed E-state index contributed by atoms with van der Waals surface area (Å²) in [5.41, 5.74) is 29.8. The minimum Gasteiger partial charge on any atom is -0.458 e. The van der Waals surface area contributed by atoms with Crippen molar-refractivity contribution in [2.45, 2.75) is 103 Å². The van der Waals surface area contributed by atoms with Crippen LogP contribution >= 0.6 is 0 Å². The number of fused-ring (bicyclic) bond motifs is 10. The maximum Gasteiger partial charge on any atom is 0.256 e. The van der Waals surface area contributed by atoms with E-state index in [0.717, 1.165) is 116 Å². The molecule has 466 valence electrons. The molecule has 6 aliphatic rings. The van der Waals surface area contributed by atoms with Gasteiger partial charge in [-0.3, -0.25) is 0 Å². The fourth-order valence-corrected chi connectivity index (χ4v) is 17.4. The molecule has 0 aromatic heterocycles. The van der Waals surface area contributed by atoms with E-state index < -0.39 is 0 Å². The molecule has 0 bridgehead atoms. The quantitative estimate of drug-likeness (QED) is 0.134. The third kappa shape index (κ3) is 9.00. The lowest BCUT2D eigenvalue weighted by Gasteiger charge is -2.48. The van der Waals surface area contributed by atoms with Gasteiger partial charge >= 0.3 is 0 Å². The average molecular weight is 1240 g/mol. The van der Waals surface area contributed by atoms with Gasteiger partial charge in [0.15, 0.2) is 0 Å². The molecule has 0 spiro atoms. The minimum absolute atomic E-state index is 0.0219. The Bertz CT molecular complexity index is 5000. The molecule has 0 radical (unpaired) electrons. The summed E-state index contributed by atoms with van der Waals surface area (Å²) in [5.74, 6) is 1.69. The van der Waals surface area contributed by atoms with Crippen molar-refractivity contribution in [3.8, 4) is 11.5 Å². The fraction of sp³-hybridized carbons (Fsp3) is 0.182. The maximum absolute atomic E-state index is 7.86. The molecule has 12 aromatic carbocycles. The van der Waals surface area contributed by atoms with E-state index in [9.17, 15) is 0 Å². The zero-order valence-electron chi connectivity index (χ0n) is 56.1. The van der Waals surface area contributed by atoms with Crippen molar-refractivity contribution in [3.05, 3.63) is 295 Å². The van der Waals surface area contributed by atoms with Gasteiger partial charge in [0, 0.05) is 86.1 Å². The highest BCUT2D eigenvalue weighted by atomic mass is 16.5. The van der Waals surface area contributed by atoms with E-state index in [-0.39, 0.29) is 35.1 Å². The van der Waals surface area contributed by atoms with Crippen LogP contribution in [0.3, 0.4) is 0 Å². The summed E-state index contributed by atoms with van der Waals surface area (Å²) in [6.07, 6.45) is 4.49. The summed E-state index contributed by atoms with van der Waals surface area (Å²) in [6.45, 7) is 19.4. The number of rotatable bonds is 9. The summed E-state index contributed by atoms with van der Waals surface area (Å²) >= 11 is 0. The van der Waals surface area contributed by atoms with E-state index in [4.69, 9.17) is 4.74 Å². The van der Waals surface area contributed by atoms with Gasteiger partial charge < -0.3 is 29.2 Å². The summed E-state index contributed by atoms with van der Waals surface area (Å²) in [5, 5.41) is 0. The lowest BCUT2D eigenvalue weighted by Crippen LogP contribution is -2.64. The van der Waals surface area contributed by atoms with Crippen LogP contribution in [-0.4, -0.2) is 13.4 Å². The van der Waals surface area contributed by atoms with Gasteiger partial charge in [-0.25, -0.2) is 0 Å². The second-order valence-corrected chi connectivity index (χ2v) is 30.2. The van der Waals surface area contributed by atoms with Gasteiger partial charge in [-0.05, 0) is 218 Å². The number of anilines is 15. The molecular formula is C88H77B2N5O. The predicted octanol–water partition coefficient (Wildman–Crippen LogP) is 19.8. The Balaban J connectivity index is 0.954. The highest BCUT2D eigenvalue weighted by Gasteiger charge is 2.50. The summed E-state index contributed by atoms with van der Waals surface area (Å²) in [6, 6.07) is 102. The van der Waals surface area contributed by atoms with E-state index in [1.807, 2.05) is 0 Å². The Morgan fingerprint density at radius 2 is 0.656 bits per heavy atom. The van der Waals surface area contributed by atoms with Crippen LogP contribution in [0.15, 0.2) is 273 Å². The zero-order chi connectivity index (χ0) is 65.0. The monoisotopic (exact) mass is 1240 g/mol. The van der Waals surface area contributed by atoms with Gasteiger partial charge in [0.1, 0.15) is 11.5 Å². The molecule has 0 unspecified atom stereocenters. The highest BCUT2D eigenvalue weighted by Crippen LogP contribution is 2.55. The second kappa shape index (κ2) is 21.5. The van der Waals surface area contributed by atoms with Gasteiger partial charge in [-0.2, -0.15) is 0 Å². The van der Waals surface area contributed by atoms with E-state index in [2.05, 4.69) is 353 Å². The summed E-state index contributed by atoms with van der Waals surface area (Å²) in [7, 11) is 0. The number of hydrogen-bond acceptors (Lipinski definition) is 6. The second-order valence-electron chi connectivity index (χ2n) is 30.2. The lowest BCUT2D eigenvalue weighted by molar-refractivity contribution is 0.332. The molecule has 0 saturated carbocycles. The van der Waals surface area contributed by atoms with Crippen LogP contribution in [-0.2, 0) is 21.7 Å². The Hall–Kier alpha value is -10.4. The van der Waals surface area contributed by atoms with Crippen LogP contribution in [0.1, 0.15) is 103 Å². The Morgan fingerprint density at radius 1 is 0.271 bits per heavy atom. The van der Waals surface area contributed by atoms with Crippen molar-refractivity contribution in [1.29, 1.82) is 0 Å². The lowest BCUT2D eigenvalue weighted by atomic mass is 9.30. The van der Waals surface area contributed by atoms with Crippen molar-refractivity contribution < 1.29 is 4.74 Å². The molecule has 12 aromatic rings. The molecule has 4 heterocycles. The molecule has 0 amide bonds. The van der Waals surface area contributed by atoms with Crippen molar-refractivity contribution in [1.82, 2.24) is 0 Å². The normalized spacial score (nSPS) is 16.5. The van der Waals surface area contributed by atoms with Gasteiger partial charge in [-0.15, -0.1) is 0 Å². The first-order chi connectivity index (χ1) is 46.6. The van der Waals surface area contributed by atoms with Gasteiger partial charge in [-0.1, -0.05) is 201 Å². The third-order valence-corrected chi connectivity index (χ3v) is 22.5. The van der Waals surface area contributed by atoms with Crippen LogP contribution in [0, 0.1) is 0 Å². The maximum atomic E-state index is 7.86. The highest BCUT2D eigenvalue weighted by molar-refractivity contribution is 7.02. The van der Waals surface area contributed by atoms with E-state index >= 15 is 0 Å². The van der Waals surface area contributed by atoms with E-state index in [1.54, 1.807) is 0 Å². The van der Waals surface area contributed by atoms with Crippen molar-refractivity contribution in [2.75, 3.05) is 24.5 Å². The molecule has 0 N–H and O–H groups in total. The number of nitrogens with zero attached hydrogens (tertiary/aromatic N) is 5. The number of para-hydroxylation sites is 7. The molecule has 6 nitrogen and oxygen atoms in total. The fourth-order valence-electron chi connectivity index (χ4n) is 17.4. The first-order valence-electron chi connectivity index (χ1n) is 34.6. The van der Waals surface area contributed by atoms with Gasteiger partial charge in [0.05, 0.1) is 11.4 Å². The Kier molecular flexibility index (Phi) is 13.1. The molecule has 0 atom stereocenters. The molecule has 8 heteroatoms. The standard InChI is InChI=1S/C88H77B2N5O/c1-85(2)45-46-86(3,4)68-49-64(43-44-67(68)85)95-76-55-70-69(87(5,6)47-48-88(70,7)8)54-72(76)90-73-56-74-81(57-77(73)94(63-39-25-14-26-40-63)78-50-65(51-79(95)83(78)90)91(58-29-15-9-16-30-58)59-31-17-10-18-32-59)96-82-53-66(92(60-33-19-11-20-34-60)61-35-21-12-22-36-61)52-80-84(82)89(74)71-41-27-28-42-75(71)93(80)62-37-23-13-24-38-62/h9-44,49-57H,45-48H2,1-8H3. The van der Waals surface area contributed by atoms with Crippen LogP contribution in [0.2, 0.25) is 0 Å². The van der Waals surface area contributed by atoms with Crippen molar-refractivity contribution >= 4 is 132 Å². The molecule has 4 aliphatic heterocycles. The molecule has 18 rings (SSSR count). The Morgan fingerprint density at radius 3 is 1.18 bits per heavy atom. The smallest absolute Gasteiger partial charge is 0.256 e. The van der Waals surface area contributed by atoms with Crippen LogP contribution in [0.4, 0.5) is 85.3 Å². The van der Waals surface area contributed by atoms with E-state index in [0.29, 0.717) is 0 Å². The predicted molar refractivity (Wildman–Crippen MR) is 406 cm³/mol. The first kappa shape index (κ1) is 58.2. The third-order valence-electron chi connectivity index (χ3n) is 22.5. The van der Waals surface area contributed by atoms with Gasteiger partial charge in [0.2, 0.25) is 0 Å². The number of ether oxygens (including phenoxy) is 1. The number of benzene rings is 12. The van der Waals surface area contributed by atoms with Crippen molar-refractivity contribution in [2.24, 2.45) is 0 Å². The zero-order valence-corrected chi connectivity index (χ0v) is 56.1. The van der Waals surface area contributed by atoms with Crippen molar-refractivity contribution in [3.63, 3.8) is 0 Å². The average Bonchev–Trinajstić information content (AvgIpc) is 0.686. The molecule has 2 aliphatic carbocycles. The topological polar surface area (TPSA) is 25.4 Å².